The summed E-state index contributed by atoms with van der Waals surface area (Å²) in [6, 6.07) is 3.40. The molecule has 0 amide bonds. The van der Waals surface area contributed by atoms with Crippen LogP contribution < -0.4 is 5.32 Å². The van der Waals surface area contributed by atoms with Gasteiger partial charge in [-0.05, 0) is 43.7 Å². The Balaban J connectivity index is 2.16. The van der Waals surface area contributed by atoms with Crippen molar-refractivity contribution in [3.63, 3.8) is 0 Å². The largest absolute Gasteiger partial charge is 0.373 e. The molecule has 6 heteroatoms. The molecule has 5 nitrogen and oxygen atoms in total. The van der Waals surface area contributed by atoms with Crippen LogP contribution in [0.15, 0.2) is 23.2 Å². The highest BCUT2D eigenvalue weighted by molar-refractivity contribution is 7.89. The second-order valence-corrected chi connectivity index (χ2v) is 7.56. The second kappa shape index (κ2) is 6.10. The summed E-state index contributed by atoms with van der Waals surface area (Å²) in [4.78, 5) is 4.35. The molecule has 20 heavy (non-hydrogen) atoms. The summed E-state index contributed by atoms with van der Waals surface area (Å²) in [7, 11) is 0.000274. The molecule has 0 spiro atoms. The first-order valence-electron chi connectivity index (χ1n) is 7.07. The monoisotopic (exact) mass is 297 g/mol. The lowest BCUT2D eigenvalue weighted by atomic mass is 9.87. The highest BCUT2D eigenvalue weighted by Gasteiger charge is 2.30. The third-order valence-electron chi connectivity index (χ3n) is 4.17. The van der Waals surface area contributed by atoms with E-state index in [2.05, 4.69) is 17.2 Å². The zero-order valence-corrected chi connectivity index (χ0v) is 13.2. The van der Waals surface area contributed by atoms with Gasteiger partial charge in [0, 0.05) is 26.3 Å². The Labute approximate surface area is 121 Å². The number of nitrogens with one attached hydrogen (secondary N) is 1. The molecule has 0 bridgehead atoms. The van der Waals surface area contributed by atoms with E-state index in [0.717, 1.165) is 25.7 Å². The van der Waals surface area contributed by atoms with Crippen LogP contribution in [0.3, 0.4) is 0 Å². The molecule has 1 fully saturated rings. The van der Waals surface area contributed by atoms with Crippen LogP contribution >= 0.6 is 0 Å². The molecule has 2 rings (SSSR count). The Morgan fingerprint density at radius 3 is 2.40 bits per heavy atom. The van der Waals surface area contributed by atoms with E-state index in [4.69, 9.17) is 0 Å². The fraction of sp³-hybridized carbons (Fsp3) is 0.643. The van der Waals surface area contributed by atoms with Gasteiger partial charge in [-0.15, -0.1) is 0 Å². The van der Waals surface area contributed by atoms with Crippen LogP contribution in [0.25, 0.3) is 0 Å². The standard InChI is InChI=1S/C14H23N3O2S/c1-11-4-6-12(7-5-11)17(3)20(18,19)13-8-9-14(15-2)16-10-13/h8-12H,4-7H2,1-3H3,(H,15,16). The van der Waals surface area contributed by atoms with Crippen molar-refractivity contribution in [2.24, 2.45) is 5.92 Å². The van der Waals surface area contributed by atoms with E-state index in [-0.39, 0.29) is 10.9 Å². The van der Waals surface area contributed by atoms with Gasteiger partial charge in [-0.25, -0.2) is 13.4 Å². The molecular formula is C14H23N3O2S. The average molecular weight is 297 g/mol. The minimum absolute atomic E-state index is 0.111. The summed E-state index contributed by atoms with van der Waals surface area (Å²) in [5.41, 5.74) is 0. The molecule has 1 N–H and O–H groups in total. The van der Waals surface area contributed by atoms with Gasteiger partial charge >= 0.3 is 0 Å². The van der Waals surface area contributed by atoms with Gasteiger partial charge in [0.25, 0.3) is 0 Å². The number of nitrogens with zero attached hydrogens (tertiary/aromatic N) is 2. The minimum atomic E-state index is -3.44. The molecule has 1 aromatic rings. The first-order valence-corrected chi connectivity index (χ1v) is 8.51. The van der Waals surface area contributed by atoms with Gasteiger partial charge in [0.2, 0.25) is 10.0 Å². The highest BCUT2D eigenvalue weighted by Crippen LogP contribution is 2.29. The second-order valence-electron chi connectivity index (χ2n) is 5.56. The molecule has 112 valence electrons. The van der Waals surface area contributed by atoms with Crippen molar-refractivity contribution in [3.8, 4) is 0 Å². The van der Waals surface area contributed by atoms with E-state index in [1.54, 1.807) is 26.2 Å². The predicted molar refractivity (Wildman–Crippen MR) is 80.2 cm³/mol. The third-order valence-corrected chi connectivity index (χ3v) is 6.06. The topological polar surface area (TPSA) is 62.3 Å². The molecule has 1 aromatic heterocycles. The van der Waals surface area contributed by atoms with Crippen LogP contribution in [0.1, 0.15) is 32.6 Å². The van der Waals surface area contributed by atoms with Crippen molar-refractivity contribution in [1.29, 1.82) is 0 Å². The van der Waals surface area contributed by atoms with Crippen LogP contribution in [0.5, 0.6) is 0 Å². The Kier molecular flexibility index (Phi) is 4.65. The average Bonchev–Trinajstić information content (AvgIpc) is 2.47. The number of pyridine rings is 1. The molecule has 1 aliphatic carbocycles. The van der Waals surface area contributed by atoms with E-state index < -0.39 is 10.0 Å². The van der Waals surface area contributed by atoms with Crippen LogP contribution in [0, 0.1) is 5.92 Å². The molecule has 1 aliphatic rings. The van der Waals surface area contributed by atoms with Crippen LogP contribution in [0.2, 0.25) is 0 Å². The van der Waals surface area contributed by atoms with E-state index >= 15 is 0 Å². The molecule has 0 unspecified atom stereocenters. The van der Waals surface area contributed by atoms with Crippen molar-refractivity contribution in [2.45, 2.75) is 43.5 Å². The number of hydrogen-bond donors (Lipinski definition) is 1. The number of rotatable bonds is 4. The summed E-state index contributed by atoms with van der Waals surface area (Å²) in [5, 5.41) is 2.88. The maximum Gasteiger partial charge on any atom is 0.244 e. The number of aromatic nitrogens is 1. The smallest absolute Gasteiger partial charge is 0.244 e. The number of sulfonamides is 1. The van der Waals surface area contributed by atoms with Gasteiger partial charge in [0.05, 0.1) is 0 Å². The predicted octanol–water partition coefficient (Wildman–Crippen LogP) is 2.32. The summed E-state index contributed by atoms with van der Waals surface area (Å²) in [5.74, 6) is 1.37. The fourth-order valence-electron chi connectivity index (χ4n) is 2.65. The summed E-state index contributed by atoms with van der Waals surface area (Å²) < 4.78 is 26.7. The van der Waals surface area contributed by atoms with Crippen LogP contribution in [0.4, 0.5) is 5.82 Å². The van der Waals surface area contributed by atoms with Crippen molar-refractivity contribution in [1.82, 2.24) is 9.29 Å². The van der Waals surface area contributed by atoms with Gasteiger partial charge in [0.15, 0.2) is 0 Å². The molecule has 0 aromatic carbocycles. The van der Waals surface area contributed by atoms with E-state index in [9.17, 15) is 8.42 Å². The lowest BCUT2D eigenvalue weighted by Gasteiger charge is -2.32. The molecule has 1 heterocycles. The van der Waals surface area contributed by atoms with Crippen molar-refractivity contribution < 1.29 is 8.42 Å². The summed E-state index contributed by atoms with van der Waals surface area (Å²) in [6.45, 7) is 2.23. The molecular weight excluding hydrogens is 274 g/mol. The van der Waals surface area contributed by atoms with E-state index in [0.29, 0.717) is 11.7 Å². The van der Waals surface area contributed by atoms with Crippen LogP contribution in [-0.4, -0.2) is 37.8 Å². The third kappa shape index (κ3) is 3.12. The first kappa shape index (κ1) is 15.3. The summed E-state index contributed by atoms with van der Waals surface area (Å²) >= 11 is 0. The number of anilines is 1. The van der Waals surface area contributed by atoms with Gasteiger partial charge in [-0.3, -0.25) is 0 Å². The maximum absolute atomic E-state index is 12.6. The Hall–Kier alpha value is -1.14. The lowest BCUT2D eigenvalue weighted by Crippen LogP contribution is -2.39. The Morgan fingerprint density at radius 2 is 1.90 bits per heavy atom. The maximum atomic E-state index is 12.6. The SMILES string of the molecule is CNc1ccc(S(=O)(=O)N(C)C2CCC(C)CC2)cn1. The van der Waals surface area contributed by atoms with Crippen molar-refractivity contribution >= 4 is 15.8 Å². The Morgan fingerprint density at radius 1 is 1.25 bits per heavy atom. The highest BCUT2D eigenvalue weighted by atomic mass is 32.2. The molecule has 0 aliphatic heterocycles. The molecule has 0 radical (unpaired) electrons. The van der Waals surface area contributed by atoms with E-state index in [1.165, 1.54) is 10.5 Å². The minimum Gasteiger partial charge on any atom is -0.373 e. The quantitative estimate of drug-likeness (QED) is 0.926. The van der Waals surface area contributed by atoms with Gasteiger partial charge in [0.1, 0.15) is 10.7 Å². The van der Waals surface area contributed by atoms with Gasteiger partial charge in [-0.1, -0.05) is 6.92 Å². The molecule has 0 saturated heterocycles. The van der Waals surface area contributed by atoms with Crippen molar-refractivity contribution in [2.75, 3.05) is 19.4 Å². The molecule has 0 atom stereocenters. The first-order chi connectivity index (χ1) is 9.45. The van der Waals surface area contributed by atoms with E-state index in [1.807, 2.05) is 0 Å². The van der Waals surface area contributed by atoms with Crippen LogP contribution in [-0.2, 0) is 10.0 Å². The molecule has 1 saturated carbocycles. The van der Waals surface area contributed by atoms with Gasteiger partial charge < -0.3 is 5.32 Å². The Bertz CT molecular complexity index is 534. The lowest BCUT2D eigenvalue weighted by molar-refractivity contribution is 0.246. The van der Waals surface area contributed by atoms with Gasteiger partial charge in [-0.2, -0.15) is 4.31 Å². The number of hydrogen-bond acceptors (Lipinski definition) is 4. The zero-order chi connectivity index (χ0) is 14.8. The van der Waals surface area contributed by atoms with Crippen molar-refractivity contribution in [3.05, 3.63) is 18.3 Å². The zero-order valence-electron chi connectivity index (χ0n) is 12.3. The normalized spacial score (nSPS) is 23.8. The summed E-state index contributed by atoms with van der Waals surface area (Å²) in [6.07, 6.45) is 5.50. The fourth-order valence-corrected chi connectivity index (χ4v) is 4.01.